The Morgan fingerprint density at radius 2 is 1.91 bits per heavy atom. The molecule has 0 unspecified atom stereocenters. The van der Waals surface area contributed by atoms with Gasteiger partial charge in [0.15, 0.2) is 0 Å². The second-order valence-electron chi connectivity index (χ2n) is 5.43. The van der Waals surface area contributed by atoms with Crippen LogP contribution < -0.4 is 4.90 Å². The highest BCUT2D eigenvalue weighted by molar-refractivity contribution is 5.95. The summed E-state index contributed by atoms with van der Waals surface area (Å²) < 4.78 is 39.4. The van der Waals surface area contributed by atoms with E-state index in [1.807, 2.05) is 4.90 Å². The smallest absolute Gasteiger partial charge is 0.416 e. The summed E-state index contributed by atoms with van der Waals surface area (Å²) in [7, 11) is 0. The molecule has 1 aliphatic heterocycles. The predicted molar refractivity (Wildman–Crippen MR) is 76.4 cm³/mol. The van der Waals surface area contributed by atoms with Crippen LogP contribution in [0.3, 0.4) is 0 Å². The molecule has 0 bridgehead atoms. The van der Waals surface area contributed by atoms with E-state index in [4.69, 9.17) is 0 Å². The minimum absolute atomic E-state index is 0.148. The van der Waals surface area contributed by atoms with Crippen molar-refractivity contribution < 1.29 is 23.1 Å². The lowest BCUT2D eigenvalue weighted by atomic mass is 10.1. The van der Waals surface area contributed by atoms with Crippen molar-refractivity contribution in [3.63, 3.8) is 0 Å². The van der Waals surface area contributed by atoms with E-state index in [0.717, 1.165) is 12.1 Å². The van der Waals surface area contributed by atoms with Gasteiger partial charge in [-0.05, 0) is 24.6 Å². The molecular formula is C15H14F3N3O2. The Labute approximate surface area is 129 Å². The zero-order valence-electron chi connectivity index (χ0n) is 12.3. The van der Waals surface area contributed by atoms with E-state index in [2.05, 4.69) is 5.10 Å². The molecule has 1 aliphatic rings. The van der Waals surface area contributed by atoms with Gasteiger partial charge in [-0.3, -0.25) is 0 Å². The van der Waals surface area contributed by atoms with Crippen molar-refractivity contribution >= 4 is 11.8 Å². The number of benzene rings is 1. The molecule has 0 spiro atoms. The van der Waals surface area contributed by atoms with Crippen LogP contribution in [0.1, 0.15) is 27.2 Å². The van der Waals surface area contributed by atoms with Crippen LogP contribution in [0.2, 0.25) is 0 Å². The molecule has 0 fully saturated rings. The summed E-state index contributed by atoms with van der Waals surface area (Å²) >= 11 is 0. The number of nitrogens with zero attached hydrogens (tertiary/aromatic N) is 3. The van der Waals surface area contributed by atoms with Gasteiger partial charge in [-0.25, -0.2) is 9.48 Å². The number of halogens is 3. The fourth-order valence-electron chi connectivity index (χ4n) is 2.79. The van der Waals surface area contributed by atoms with Gasteiger partial charge >= 0.3 is 12.1 Å². The largest absolute Gasteiger partial charge is 0.477 e. The minimum atomic E-state index is -4.36. The Morgan fingerprint density at radius 1 is 1.26 bits per heavy atom. The normalized spacial score (nSPS) is 14.2. The van der Waals surface area contributed by atoms with E-state index in [1.165, 1.54) is 12.1 Å². The highest BCUT2D eigenvalue weighted by Gasteiger charge is 2.31. The SMILES string of the molecule is Cc1nn2c(c1C(=O)O)N(Cc1ccc(C(F)(F)F)cc1)CC2. The summed E-state index contributed by atoms with van der Waals surface area (Å²) in [5, 5.41) is 13.5. The molecular weight excluding hydrogens is 311 g/mol. The molecule has 0 atom stereocenters. The molecule has 0 radical (unpaired) electrons. The number of carbonyl (C=O) groups is 1. The lowest BCUT2D eigenvalue weighted by Crippen LogP contribution is -2.22. The third kappa shape index (κ3) is 2.76. The first-order valence-corrected chi connectivity index (χ1v) is 6.99. The highest BCUT2D eigenvalue weighted by atomic mass is 19.4. The van der Waals surface area contributed by atoms with Crippen molar-refractivity contribution in [3.8, 4) is 0 Å². The summed E-state index contributed by atoms with van der Waals surface area (Å²) in [6, 6.07) is 4.89. The molecule has 3 rings (SSSR count). The molecule has 1 aromatic carbocycles. The molecule has 8 heteroatoms. The van der Waals surface area contributed by atoms with Crippen molar-refractivity contribution in [1.29, 1.82) is 0 Å². The summed E-state index contributed by atoms with van der Waals surface area (Å²) in [4.78, 5) is 13.2. The summed E-state index contributed by atoms with van der Waals surface area (Å²) in [6.45, 7) is 3.10. The van der Waals surface area contributed by atoms with E-state index in [9.17, 15) is 23.1 Å². The number of aryl methyl sites for hydroxylation is 1. The first kappa shape index (κ1) is 15.4. The number of aromatic carboxylic acids is 1. The van der Waals surface area contributed by atoms with Crippen LogP contribution in [-0.4, -0.2) is 27.4 Å². The standard InChI is InChI=1S/C15H14F3N3O2/c1-9-12(14(22)23)13-20(6-7-21(13)19-9)8-10-2-4-11(5-3-10)15(16,17)18/h2-5H,6-8H2,1H3,(H,22,23). The van der Waals surface area contributed by atoms with Gasteiger partial charge in [-0.2, -0.15) is 18.3 Å². The van der Waals surface area contributed by atoms with Crippen LogP contribution in [0.5, 0.6) is 0 Å². The van der Waals surface area contributed by atoms with Crippen LogP contribution in [0, 0.1) is 6.92 Å². The van der Waals surface area contributed by atoms with E-state index in [-0.39, 0.29) is 5.56 Å². The molecule has 0 saturated heterocycles. The zero-order valence-corrected chi connectivity index (χ0v) is 12.3. The zero-order chi connectivity index (χ0) is 16.8. The van der Waals surface area contributed by atoms with Crippen LogP contribution in [0.15, 0.2) is 24.3 Å². The Hall–Kier alpha value is -2.51. The van der Waals surface area contributed by atoms with Crippen LogP contribution in [0.25, 0.3) is 0 Å². The maximum Gasteiger partial charge on any atom is 0.416 e. The predicted octanol–water partition coefficient (Wildman–Crippen LogP) is 2.93. The Morgan fingerprint density at radius 3 is 2.48 bits per heavy atom. The first-order valence-electron chi connectivity index (χ1n) is 6.99. The molecule has 122 valence electrons. The third-order valence-electron chi connectivity index (χ3n) is 3.85. The van der Waals surface area contributed by atoms with Gasteiger partial charge in [0, 0.05) is 13.1 Å². The van der Waals surface area contributed by atoms with Crippen molar-refractivity contribution in [3.05, 3.63) is 46.6 Å². The van der Waals surface area contributed by atoms with Gasteiger partial charge in [0.25, 0.3) is 0 Å². The topological polar surface area (TPSA) is 58.4 Å². The van der Waals surface area contributed by atoms with Crippen LogP contribution in [-0.2, 0) is 19.3 Å². The first-order chi connectivity index (χ1) is 10.8. The monoisotopic (exact) mass is 325 g/mol. The van der Waals surface area contributed by atoms with Gasteiger partial charge < -0.3 is 10.0 Å². The second kappa shape index (κ2) is 5.29. The number of hydrogen-bond acceptors (Lipinski definition) is 3. The van der Waals surface area contributed by atoms with Crippen molar-refractivity contribution in [1.82, 2.24) is 9.78 Å². The Kier molecular flexibility index (Phi) is 3.54. The molecule has 1 aromatic heterocycles. The quantitative estimate of drug-likeness (QED) is 0.943. The molecule has 2 aromatic rings. The average Bonchev–Trinajstić information content (AvgIpc) is 2.97. The highest BCUT2D eigenvalue weighted by Crippen LogP contribution is 2.31. The number of fused-ring (bicyclic) bond motifs is 1. The van der Waals surface area contributed by atoms with Crippen molar-refractivity contribution in [2.75, 3.05) is 11.4 Å². The summed E-state index contributed by atoms with van der Waals surface area (Å²) in [6.07, 6.45) is -4.36. The molecule has 23 heavy (non-hydrogen) atoms. The van der Waals surface area contributed by atoms with Gasteiger partial charge in [-0.1, -0.05) is 12.1 Å². The van der Waals surface area contributed by atoms with Crippen molar-refractivity contribution in [2.24, 2.45) is 0 Å². The van der Waals surface area contributed by atoms with E-state index < -0.39 is 17.7 Å². The lowest BCUT2D eigenvalue weighted by Gasteiger charge is -2.18. The average molecular weight is 325 g/mol. The molecule has 0 amide bonds. The van der Waals surface area contributed by atoms with Crippen LogP contribution >= 0.6 is 0 Å². The van der Waals surface area contributed by atoms with Gasteiger partial charge in [0.05, 0.1) is 17.8 Å². The molecule has 0 saturated carbocycles. The third-order valence-corrected chi connectivity index (χ3v) is 3.85. The Balaban J connectivity index is 1.85. The van der Waals surface area contributed by atoms with E-state index in [1.54, 1.807) is 11.6 Å². The Bertz CT molecular complexity index is 751. The number of anilines is 1. The maximum atomic E-state index is 12.6. The summed E-state index contributed by atoms with van der Waals surface area (Å²) in [5.41, 5.74) is 0.565. The van der Waals surface area contributed by atoms with Gasteiger partial charge in [0.2, 0.25) is 0 Å². The molecule has 1 N–H and O–H groups in total. The fraction of sp³-hybridized carbons (Fsp3) is 0.333. The molecule has 2 heterocycles. The summed E-state index contributed by atoms with van der Waals surface area (Å²) in [5.74, 6) is -0.544. The van der Waals surface area contributed by atoms with E-state index in [0.29, 0.717) is 36.7 Å². The van der Waals surface area contributed by atoms with Crippen molar-refractivity contribution in [2.45, 2.75) is 26.2 Å². The van der Waals surface area contributed by atoms with E-state index >= 15 is 0 Å². The number of rotatable bonds is 3. The number of alkyl halides is 3. The number of carboxylic acids is 1. The maximum absolute atomic E-state index is 12.6. The second-order valence-corrected chi connectivity index (χ2v) is 5.43. The number of hydrogen-bond donors (Lipinski definition) is 1. The van der Waals surface area contributed by atoms with Gasteiger partial charge in [0.1, 0.15) is 11.4 Å². The number of carboxylic acid groups (broad SMARTS) is 1. The lowest BCUT2D eigenvalue weighted by molar-refractivity contribution is -0.137. The molecule has 0 aliphatic carbocycles. The fourth-order valence-corrected chi connectivity index (χ4v) is 2.79. The van der Waals surface area contributed by atoms with Gasteiger partial charge in [-0.15, -0.1) is 0 Å². The van der Waals surface area contributed by atoms with Crippen LogP contribution in [0.4, 0.5) is 19.0 Å². The molecule has 5 nitrogen and oxygen atoms in total. The number of aromatic nitrogens is 2. The minimum Gasteiger partial charge on any atom is -0.477 e.